The maximum absolute atomic E-state index is 13.6. The van der Waals surface area contributed by atoms with Crippen molar-refractivity contribution >= 4 is 33.3 Å². The lowest BCUT2D eigenvalue weighted by Gasteiger charge is -2.57. The Morgan fingerprint density at radius 1 is 1.08 bits per heavy atom. The number of hydrogen-bond donors (Lipinski definition) is 2. The van der Waals surface area contributed by atoms with Crippen molar-refractivity contribution in [2.75, 3.05) is 25.0 Å². The normalized spacial score (nSPS) is 26.1. The minimum absolute atomic E-state index is 0.00805. The van der Waals surface area contributed by atoms with Crippen molar-refractivity contribution in [3.63, 3.8) is 0 Å². The van der Waals surface area contributed by atoms with Crippen LogP contribution in [0.15, 0.2) is 91.6 Å². The highest BCUT2D eigenvalue weighted by Crippen LogP contribution is 2.47. The Bertz CT molecular complexity index is 1440. The molecule has 3 aliphatic rings. The van der Waals surface area contributed by atoms with E-state index in [-0.39, 0.29) is 11.9 Å². The Labute approximate surface area is 211 Å². The molecule has 0 aliphatic carbocycles. The van der Waals surface area contributed by atoms with Crippen LogP contribution < -0.4 is 5.32 Å². The van der Waals surface area contributed by atoms with E-state index in [4.69, 9.17) is 0 Å². The second-order valence-corrected chi connectivity index (χ2v) is 10.5. The number of piperidine rings is 3. The Kier molecular flexibility index (Phi) is 5.82. The number of quaternary nitrogens is 1. The van der Waals surface area contributed by atoms with Gasteiger partial charge in [-0.25, -0.2) is 0 Å². The zero-order valence-electron chi connectivity index (χ0n) is 20.4. The summed E-state index contributed by atoms with van der Waals surface area (Å²) in [5.41, 5.74) is 2.62. The number of rotatable bonds is 6. The van der Waals surface area contributed by atoms with Gasteiger partial charge in [0.1, 0.15) is 12.1 Å². The quantitative estimate of drug-likeness (QED) is 0.285. The SMILES string of the molecule is C=CC1C[N@+]2(CC(=O)Nc3cccc4ccccc34)CCC1CC2C(O)c1ccnc2ccccc12. The zero-order chi connectivity index (χ0) is 24.7. The number of benzene rings is 3. The number of fused-ring (bicyclic) bond motifs is 5. The molecule has 3 fully saturated rings. The molecule has 3 aromatic carbocycles. The summed E-state index contributed by atoms with van der Waals surface area (Å²) >= 11 is 0. The van der Waals surface area contributed by atoms with Crippen LogP contribution in [0.1, 0.15) is 24.5 Å². The van der Waals surface area contributed by atoms with E-state index in [1.165, 1.54) is 0 Å². The van der Waals surface area contributed by atoms with Gasteiger partial charge < -0.3 is 14.9 Å². The molecule has 36 heavy (non-hydrogen) atoms. The van der Waals surface area contributed by atoms with E-state index in [2.05, 4.69) is 35.1 Å². The molecule has 0 radical (unpaired) electrons. The fourth-order valence-corrected chi connectivity index (χ4v) is 6.77. The molecule has 1 amide bonds. The molecule has 4 aromatic rings. The van der Waals surface area contributed by atoms with Crippen LogP contribution in [-0.2, 0) is 4.79 Å². The summed E-state index contributed by atoms with van der Waals surface area (Å²) < 4.78 is 0.585. The van der Waals surface area contributed by atoms with Gasteiger partial charge in [-0.15, -0.1) is 6.58 Å². The van der Waals surface area contributed by atoms with Gasteiger partial charge >= 0.3 is 0 Å². The number of carbonyl (C=O) groups excluding carboxylic acids is 1. The maximum atomic E-state index is 13.6. The molecule has 5 heteroatoms. The number of aromatic nitrogens is 1. The molecular weight excluding hydrogens is 446 g/mol. The Hall–Kier alpha value is -3.54. The molecule has 2 bridgehead atoms. The van der Waals surface area contributed by atoms with Crippen LogP contribution in [0, 0.1) is 11.8 Å². The third kappa shape index (κ3) is 3.89. The van der Waals surface area contributed by atoms with E-state index in [9.17, 15) is 9.90 Å². The molecule has 0 spiro atoms. The van der Waals surface area contributed by atoms with Gasteiger partial charge in [-0.2, -0.15) is 0 Å². The summed E-state index contributed by atoms with van der Waals surface area (Å²) in [5, 5.41) is 18.2. The third-order valence-corrected chi connectivity index (χ3v) is 8.56. The average Bonchev–Trinajstić information content (AvgIpc) is 2.92. The van der Waals surface area contributed by atoms with Crippen molar-refractivity contribution in [2.45, 2.75) is 25.0 Å². The lowest BCUT2D eigenvalue weighted by Crippen LogP contribution is -2.69. The Morgan fingerprint density at radius 3 is 2.72 bits per heavy atom. The van der Waals surface area contributed by atoms with E-state index >= 15 is 0 Å². The van der Waals surface area contributed by atoms with Gasteiger partial charge in [-0.3, -0.25) is 9.78 Å². The number of nitrogens with one attached hydrogen (secondary N) is 1. The third-order valence-electron chi connectivity index (χ3n) is 8.56. The number of carbonyl (C=O) groups is 1. The van der Waals surface area contributed by atoms with Crippen LogP contribution in [0.4, 0.5) is 5.69 Å². The number of aliphatic hydroxyl groups is 1. The molecule has 7 rings (SSSR count). The number of hydrogen-bond acceptors (Lipinski definition) is 3. The first-order valence-corrected chi connectivity index (χ1v) is 12.9. The van der Waals surface area contributed by atoms with Crippen LogP contribution in [0.25, 0.3) is 21.7 Å². The minimum atomic E-state index is -0.670. The molecule has 3 saturated heterocycles. The summed E-state index contributed by atoms with van der Waals surface area (Å²) in [6, 6.07) is 24.0. The van der Waals surface area contributed by atoms with Gasteiger partial charge in [0.15, 0.2) is 6.54 Å². The molecule has 4 heterocycles. The molecule has 5 nitrogen and oxygen atoms in total. The largest absolute Gasteiger partial charge is 0.382 e. The van der Waals surface area contributed by atoms with Crippen LogP contribution in [0.3, 0.4) is 0 Å². The first-order valence-electron chi connectivity index (χ1n) is 12.9. The van der Waals surface area contributed by atoms with Crippen molar-refractivity contribution in [3.8, 4) is 0 Å². The molecule has 182 valence electrons. The summed E-state index contributed by atoms with van der Waals surface area (Å²) in [4.78, 5) is 18.1. The van der Waals surface area contributed by atoms with Crippen molar-refractivity contribution in [1.29, 1.82) is 0 Å². The monoisotopic (exact) mass is 478 g/mol. The molecule has 1 aromatic heterocycles. The van der Waals surface area contributed by atoms with E-state index in [1.54, 1.807) is 6.20 Å². The highest BCUT2D eigenvalue weighted by Gasteiger charge is 2.54. The number of anilines is 1. The lowest BCUT2D eigenvalue weighted by molar-refractivity contribution is -0.966. The first kappa shape index (κ1) is 22.9. The Morgan fingerprint density at radius 2 is 1.86 bits per heavy atom. The standard InChI is InChI=1S/C31H31N3O2/c1-2-21-19-34(20-30(35)33-28-13-7-9-22-8-3-4-10-24(22)28)17-15-23(21)18-29(34)31(36)26-14-16-32-27-12-6-5-11-25(26)27/h2-14,16,21,23,29,31,36H,1,15,17-20H2/p+1/t21?,23?,29?,31?,34-/m0/s1. The zero-order valence-corrected chi connectivity index (χ0v) is 20.4. The van der Waals surface area contributed by atoms with Gasteiger partial charge in [0.2, 0.25) is 0 Å². The summed E-state index contributed by atoms with van der Waals surface area (Å²) in [6.45, 7) is 6.17. The number of pyridine rings is 1. The topological polar surface area (TPSA) is 62.2 Å². The van der Waals surface area contributed by atoms with Gasteiger partial charge in [-0.1, -0.05) is 60.7 Å². The smallest absolute Gasteiger partial charge is 0.279 e. The highest BCUT2D eigenvalue weighted by atomic mass is 16.3. The van der Waals surface area contributed by atoms with Crippen molar-refractivity contribution < 1.29 is 14.4 Å². The van der Waals surface area contributed by atoms with Gasteiger partial charge in [0.25, 0.3) is 5.91 Å². The first-order chi connectivity index (χ1) is 17.6. The van der Waals surface area contributed by atoms with Crippen LogP contribution in [0.5, 0.6) is 0 Å². The lowest BCUT2D eigenvalue weighted by atomic mass is 9.71. The Balaban J connectivity index is 1.33. The number of nitrogens with zero attached hydrogens (tertiary/aromatic N) is 2. The molecule has 2 N–H and O–H groups in total. The molecule has 3 aliphatic heterocycles. The molecule has 4 unspecified atom stereocenters. The molecular formula is C31H32N3O2+. The van der Waals surface area contributed by atoms with Crippen molar-refractivity contribution in [1.82, 2.24) is 4.98 Å². The van der Waals surface area contributed by atoms with E-state index < -0.39 is 6.10 Å². The van der Waals surface area contributed by atoms with Crippen LogP contribution in [-0.4, -0.2) is 46.2 Å². The molecule has 5 atom stereocenters. The second-order valence-electron chi connectivity index (χ2n) is 10.5. The summed E-state index contributed by atoms with van der Waals surface area (Å²) in [5.74, 6) is 0.851. The second kappa shape index (κ2) is 9.16. The van der Waals surface area contributed by atoms with E-state index in [0.29, 0.717) is 22.9 Å². The van der Waals surface area contributed by atoms with E-state index in [0.717, 1.165) is 58.9 Å². The predicted octanol–water partition coefficient (Wildman–Crippen LogP) is 5.47. The van der Waals surface area contributed by atoms with Crippen LogP contribution in [0.2, 0.25) is 0 Å². The maximum Gasteiger partial charge on any atom is 0.279 e. The molecule has 0 saturated carbocycles. The van der Waals surface area contributed by atoms with Gasteiger partial charge in [0, 0.05) is 41.4 Å². The summed E-state index contributed by atoms with van der Waals surface area (Å²) in [7, 11) is 0. The predicted molar refractivity (Wildman–Crippen MR) is 144 cm³/mol. The fourth-order valence-electron chi connectivity index (χ4n) is 6.77. The van der Waals surface area contributed by atoms with Gasteiger partial charge in [-0.05, 0) is 35.1 Å². The number of aliphatic hydroxyl groups excluding tert-OH is 1. The number of amides is 1. The van der Waals surface area contributed by atoms with Crippen LogP contribution >= 0.6 is 0 Å². The minimum Gasteiger partial charge on any atom is -0.382 e. The van der Waals surface area contributed by atoms with E-state index in [1.807, 2.05) is 60.7 Å². The fraction of sp³-hybridized carbons (Fsp3) is 0.290. The average molecular weight is 479 g/mol. The highest BCUT2D eigenvalue weighted by molar-refractivity contribution is 6.02. The number of para-hydroxylation sites is 1. The van der Waals surface area contributed by atoms with Crippen molar-refractivity contribution in [3.05, 3.63) is 97.2 Å². The van der Waals surface area contributed by atoms with Crippen molar-refractivity contribution in [2.24, 2.45) is 11.8 Å². The summed E-state index contributed by atoms with van der Waals surface area (Å²) in [6.07, 6.45) is 5.11. The van der Waals surface area contributed by atoms with Gasteiger partial charge in [0.05, 0.1) is 18.6 Å².